The van der Waals surface area contributed by atoms with Crippen LogP contribution in [0.2, 0.25) is 0 Å². The lowest BCUT2D eigenvalue weighted by Gasteiger charge is -2.37. The Morgan fingerprint density at radius 3 is 2.16 bits per heavy atom. The molecule has 2 atom stereocenters. The summed E-state index contributed by atoms with van der Waals surface area (Å²) in [5.74, 6) is 0.114. The molecule has 1 aliphatic heterocycles. The Labute approximate surface area is 219 Å². The molecule has 0 spiro atoms. The van der Waals surface area contributed by atoms with Gasteiger partial charge in [-0.2, -0.15) is 13.2 Å². The number of pyridine rings is 1. The van der Waals surface area contributed by atoms with E-state index in [4.69, 9.17) is 16.0 Å². The van der Waals surface area contributed by atoms with Gasteiger partial charge in [-0.1, -0.05) is 48.5 Å². The van der Waals surface area contributed by atoms with Gasteiger partial charge in [0.05, 0.1) is 37.0 Å². The second kappa shape index (κ2) is 9.99. The summed E-state index contributed by atoms with van der Waals surface area (Å²) >= 11 is 0. The molecule has 3 aromatic carbocycles. The molecule has 0 N–H and O–H groups in total. The van der Waals surface area contributed by atoms with E-state index in [1.165, 1.54) is 7.11 Å². The average Bonchev–Trinajstić information content (AvgIpc) is 2.90. The van der Waals surface area contributed by atoms with Gasteiger partial charge >= 0.3 is 6.18 Å². The van der Waals surface area contributed by atoms with E-state index < -0.39 is 11.9 Å². The minimum Gasteiger partial charge on any atom is -0.495 e. The molecule has 5 rings (SSSR count). The Hall–Kier alpha value is -4.09. The number of anilines is 1. The number of para-hydroxylation sites is 1. The Kier molecular flexibility index (Phi) is 6.72. The summed E-state index contributed by atoms with van der Waals surface area (Å²) in [6.07, 6.45) is -4.59. The van der Waals surface area contributed by atoms with Crippen LogP contribution in [0.1, 0.15) is 19.5 Å². The smallest absolute Gasteiger partial charge is 0.434 e. The van der Waals surface area contributed by atoms with Crippen LogP contribution < -0.4 is 9.64 Å². The first-order chi connectivity index (χ1) is 18.2. The van der Waals surface area contributed by atoms with E-state index in [2.05, 4.69) is 14.7 Å². The van der Waals surface area contributed by atoms with Gasteiger partial charge in [0.2, 0.25) is 0 Å². The van der Waals surface area contributed by atoms with Crippen molar-refractivity contribution in [3.63, 3.8) is 0 Å². The van der Waals surface area contributed by atoms with Gasteiger partial charge in [0.1, 0.15) is 5.75 Å². The number of halogens is 3. The van der Waals surface area contributed by atoms with Gasteiger partial charge in [-0.3, -0.25) is 0 Å². The molecule has 1 fully saturated rings. The number of hydrogen-bond acceptors (Lipinski definition) is 4. The van der Waals surface area contributed by atoms with E-state index >= 15 is 0 Å². The van der Waals surface area contributed by atoms with Gasteiger partial charge in [-0.05, 0) is 43.2 Å². The largest absolute Gasteiger partial charge is 0.495 e. The number of nitrogens with zero attached hydrogens (tertiary/aromatic N) is 3. The fraction of sp³-hybridized carbons (Fsp3) is 0.267. The van der Waals surface area contributed by atoms with E-state index in [1.54, 1.807) is 54.6 Å². The molecule has 194 valence electrons. The maximum absolute atomic E-state index is 14.5. The SMILES string of the molecule is [C-]#[N+]c1ccc(-c2cccc3c(OC)c(-c4ccc(N5C[C@@H](C)O[C@@H](C)C5)cc4)c(C(F)(F)F)nc23)cc1. The molecule has 1 aliphatic rings. The maximum Gasteiger partial charge on any atom is 0.434 e. The molecule has 0 amide bonds. The second-order valence-corrected chi connectivity index (χ2v) is 9.44. The number of rotatable bonds is 4. The third-order valence-electron chi connectivity index (χ3n) is 6.69. The summed E-state index contributed by atoms with van der Waals surface area (Å²) in [7, 11) is 1.38. The first kappa shape index (κ1) is 25.6. The summed E-state index contributed by atoms with van der Waals surface area (Å²) < 4.78 is 54.9. The zero-order valence-corrected chi connectivity index (χ0v) is 21.2. The standard InChI is InChI=1S/C30H26F3N3O2/c1-18-16-36(17-19(2)38-18)23-14-10-21(11-15-23)26-28(37-4)25-7-5-6-24(20-8-12-22(34-3)13-9-20)27(25)35-29(26)30(31,32)33/h5-15,18-19H,16-17H2,1-2,4H3/t18-,19+. The van der Waals surface area contributed by atoms with Crippen LogP contribution in [-0.4, -0.2) is 37.4 Å². The summed E-state index contributed by atoms with van der Waals surface area (Å²) in [5, 5.41) is 0.474. The van der Waals surface area contributed by atoms with Crippen molar-refractivity contribution in [3.05, 3.63) is 83.8 Å². The third kappa shape index (κ3) is 4.77. The van der Waals surface area contributed by atoms with E-state index in [9.17, 15) is 13.2 Å². The molecule has 0 saturated carbocycles. The molecule has 4 aromatic rings. The molecule has 1 saturated heterocycles. The number of fused-ring (bicyclic) bond motifs is 1. The van der Waals surface area contributed by atoms with Crippen molar-refractivity contribution in [2.75, 3.05) is 25.1 Å². The number of alkyl halides is 3. The fourth-order valence-electron chi connectivity index (χ4n) is 5.12. The van der Waals surface area contributed by atoms with Crippen molar-refractivity contribution in [2.24, 2.45) is 0 Å². The number of ether oxygens (including phenoxy) is 2. The molecule has 1 aromatic heterocycles. The van der Waals surface area contributed by atoms with Gasteiger partial charge in [0, 0.05) is 29.7 Å². The molecule has 8 heteroatoms. The highest BCUT2D eigenvalue weighted by molar-refractivity contribution is 6.01. The summed E-state index contributed by atoms with van der Waals surface area (Å²) in [4.78, 5) is 9.75. The van der Waals surface area contributed by atoms with Gasteiger partial charge in [-0.15, -0.1) is 0 Å². The van der Waals surface area contributed by atoms with Crippen LogP contribution in [0.3, 0.4) is 0 Å². The number of morpholine rings is 1. The Balaban J connectivity index is 1.67. The van der Waals surface area contributed by atoms with Gasteiger partial charge in [0.25, 0.3) is 0 Å². The Bertz CT molecular complexity index is 1500. The number of methoxy groups -OCH3 is 1. The van der Waals surface area contributed by atoms with E-state index in [-0.39, 0.29) is 29.0 Å². The molecule has 2 heterocycles. The first-order valence-electron chi connectivity index (χ1n) is 12.3. The van der Waals surface area contributed by atoms with Gasteiger partial charge in [0.15, 0.2) is 11.4 Å². The lowest BCUT2D eigenvalue weighted by atomic mass is 9.95. The average molecular weight is 518 g/mol. The highest BCUT2D eigenvalue weighted by atomic mass is 19.4. The van der Waals surface area contributed by atoms with Crippen LogP contribution in [0.4, 0.5) is 24.5 Å². The summed E-state index contributed by atoms with van der Waals surface area (Å²) in [6.45, 7) is 12.6. The predicted octanol–water partition coefficient (Wildman–Crippen LogP) is 7.76. The lowest BCUT2D eigenvalue weighted by Crippen LogP contribution is -2.45. The van der Waals surface area contributed by atoms with Crippen LogP contribution in [-0.2, 0) is 10.9 Å². The second-order valence-electron chi connectivity index (χ2n) is 9.44. The minimum absolute atomic E-state index is 0.0619. The predicted molar refractivity (Wildman–Crippen MR) is 143 cm³/mol. The number of hydrogen-bond donors (Lipinski definition) is 0. The highest BCUT2D eigenvalue weighted by Gasteiger charge is 2.38. The molecule has 0 unspecified atom stereocenters. The lowest BCUT2D eigenvalue weighted by molar-refractivity contribution is -0.140. The third-order valence-corrected chi connectivity index (χ3v) is 6.69. The molecule has 5 nitrogen and oxygen atoms in total. The molecular weight excluding hydrogens is 491 g/mol. The van der Waals surface area contributed by atoms with E-state index in [1.807, 2.05) is 26.0 Å². The number of aromatic nitrogens is 1. The van der Waals surface area contributed by atoms with E-state index in [0.717, 1.165) is 5.69 Å². The number of benzene rings is 3. The van der Waals surface area contributed by atoms with Crippen molar-refractivity contribution >= 4 is 22.3 Å². The van der Waals surface area contributed by atoms with Crippen LogP contribution >= 0.6 is 0 Å². The zero-order chi connectivity index (χ0) is 27.0. The molecule has 0 aliphatic carbocycles. The molecule has 0 bridgehead atoms. The van der Waals surface area contributed by atoms with Gasteiger partial charge in [-0.25, -0.2) is 9.83 Å². The van der Waals surface area contributed by atoms with Crippen molar-refractivity contribution in [2.45, 2.75) is 32.2 Å². The van der Waals surface area contributed by atoms with Crippen LogP contribution in [0, 0.1) is 6.57 Å². The van der Waals surface area contributed by atoms with Crippen molar-refractivity contribution in [1.29, 1.82) is 0 Å². The fourth-order valence-corrected chi connectivity index (χ4v) is 5.12. The van der Waals surface area contributed by atoms with Crippen molar-refractivity contribution in [1.82, 2.24) is 4.98 Å². The molecular formula is C30H26F3N3O2. The summed E-state index contributed by atoms with van der Waals surface area (Å²) in [5.41, 5.74) is 2.01. The van der Waals surface area contributed by atoms with Crippen LogP contribution in [0.5, 0.6) is 5.75 Å². The Morgan fingerprint density at radius 2 is 1.58 bits per heavy atom. The van der Waals surface area contributed by atoms with Crippen LogP contribution in [0.25, 0.3) is 38.0 Å². The quantitative estimate of drug-likeness (QED) is 0.259. The topological polar surface area (TPSA) is 39.0 Å². The molecule has 38 heavy (non-hydrogen) atoms. The maximum atomic E-state index is 14.5. The van der Waals surface area contributed by atoms with E-state index in [0.29, 0.717) is 40.9 Å². The Morgan fingerprint density at radius 1 is 0.947 bits per heavy atom. The monoisotopic (exact) mass is 517 g/mol. The van der Waals surface area contributed by atoms with Crippen LogP contribution in [0.15, 0.2) is 66.7 Å². The normalized spacial score (nSPS) is 17.9. The van der Waals surface area contributed by atoms with Gasteiger partial charge < -0.3 is 14.4 Å². The van der Waals surface area contributed by atoms with Crippen molar-refractivity contribution in [3.8, 4) is 28.0 Å². The highest BCUT2D eigenvalue weighted by Crippen LogP contribution is 2.46. The summed E-state index contributed by atoms with van der Waals surface area (Å²) in [6, 6.07) is 18.9. The first-order valence-corrected chi connectivity index (χ1v) is 12.3. The minimum atomic E-state index is -4.72. The molecule has 0 radical (unpaired) electrons. The van der Waals surface area contributed by atoms with Crippen molar-refractivity contribution < 1.29 is 22.6 Å². The zero-order valence-electron chi connectivity index (χ0n) is 21.2.